The Balaban J connectivity index is 2.17. The Kier molecular flexibility index (Phi) is 53.7. The summed E-state index contributed by atoms with van der Waals surface area (Å²) in [4.78, 5) is 13.1. The summed E-state index contributed by atoms with van der Waals surface area (Å²) >= 11 is 0. The number of allylic oxidation sites excluding steroid dienone is 12. The maximum Gasteiger partial charge on any atom is 0.220 e. The van der Waals surface area contributed by atoms with Crippen LogP contribution < -0.4 is 5.32 Å². The lowest BCUT2D eigenvalue weighted by atomic mass is 9.99. The van der Waals surface area contributed by atoms with Gasteiger partial charge in [-0.2, -0.15) is 0 Å². The SMILES string of the molecule is CC/C=C\C/C=C\C/C=C\C/C=C\C/C=C\C/C=C\CCCCCCCCCCCCC(=O)NC(COC1OC(CO)C(O)C(O)C1O)C(O)CCCCCCCCCCCCCCCCCCCCCCCCCCC. The first kappa shape index (κ1) is 72.6. The van der Waals surface area contributed by atoms with Gasteiger partial charge in [0.25, 0.3) is 0 Å². The Morgan fingerprint density at radius 2 is 0.805 bits per heavy atom. The summed E-state index contributed by atoms with van der Waals surface area (Å²) in [7, 11) is 0. The third-order valence-corrected chi connectivity index (χ3v) is 15.3. The topological polar surface area (TPSA) is 149 Å². The summed E-state index contributed by atoms with van der Waals surface area (Å²) in [6, 6.07) is -0.727. The van der Waals surface area contributed by atoms with Crippen LogP contribution in [0.5, 0.6) is 0 Å². The predicted octanol–water partition coefficient (Wildman–Crippen LogP) is 17.2. The van der Waals surface area contributed by atoms with Gasteiger partial charge in [-0.1, -0.05) is 299 Å². The van der Waals surface area contributed by atoms with Crippen LogP contribution in [0, 0.1) is 0 Å². The molecule has 0 aromatic rings. The molecule has 448 valence electrons. The van der Waals surface area contributed by atoms with Gasteiger partial charge in [0.05, 0.1) is 25.4 Å². The molecule has 7 unspecified atom stereocenters. The molecule has 0 bridgehead atoms. The van der Waals surface area contributed by atoms with Crippen LogP contribution in [0.15, 0.2) is 72.9 Å². The van der Waals surface area contributed by atoms with Gasteiger partial charge in [0.15, 0.2) is 6.29 Å². The molecule has 6 N–H and O–H groups in total. The Hall–Kier alpha value is -2.37. The summed E-state index contributed by atoms with van der Waals surface area (Å²) in [5.74, 6) is -0.148. The molecule has 1 heterocycles. The van der Waals surface area contributed by atoms with Crippen LogP contribution >= 0.6 is 0 Å². The van der Waals surface area contributed by atoms with Crippen molar-refractivity contribution in [1.82, 2.24) is 5.32 Å². The normalized spacial score (nSPS) is 19.2. The fourth-order valence-electron chi connectivity index (χ4n) is 10.2. The Labute approximate surface area is 474 Å². The van der Waals surface area contributed by atoms with Crippen molar-refractivity contribution >= 4 is 5.91 Å². The molecule has 9 nitrogen and oxygen atoms in total. The largest absolute Gasteiger partial charge is 0.394 e. The molecule has 77 heavy (non-hydrogen) atoms. The zero-order valence-electron chi connectivity index (χ0n) is 50.0. The van der Waals surface area contributed by atoms with Crippen LogP contribution in [0.1, 0.15) is 296 Å². The fourth-order valence-corrected chi connectivity index (χ4v) is 10.2. The second-order valence-corrected chi connectivity index (χ2v) is 22.5. The van der Waals surface area contributed by atoms with E-state index in [0.717, 1.165) is 83.5 Å². The van der Waals surface area contributed by atoms with Crippen molar-refractivity contribution in [3.8, 4) is 0 Å². The number of carbonyl (C=O) groups is 1. The standard InChI is InChI=1S/C68H123NO8/c1-3-5-7-9-11-13-15-17-19-21-23-25-27-29-30-31-32-34-36-38-40-42-44-46-48-50-52-54-56-58-64(72)69-61(60-76-68-67(75)66(74)65(73)63(59-70)77-68)62(71)57-55-53-51-49-47-45-43-41-39-37-35-33-28-26-24-22-20-18-16-14-12-10-8-6-4-2/h5,7,11,13,17,19,23,25,29-30,32,34,61-63,65-68,70-71,73-75H,3-4,6,8-10,12,14-16,18,20-22,24,26-28,31,33,35-60H2,1-2H3,(H,69,72)/b7-5-,13-11-,19-17-,25-23-,30-29-,34-32-. The Morgan fingerprint density at radius 3 is 1.19 bits per heavy atom. The smallest absolute Gasteiger partial charge is 0.220 e. The van der Waals surface area contributed by atoms with E-state index in [1.807, 2.05) is 0 Å². The van der Waals surface area contributed by atoms with Crippen molar-refractivity contribution in [2.24, 2.45) is 0 Å². The van der Waals surface area contributed by atoms with Crippen LogP contribution in [0.2, 0.25) is 0 Å². The first-order valence-electron chi connectivity index (χ1n) is 32.6. The second-order valence-electron chi connectivity index (χ2n) is 22.5. The van der Waals surface area contributed by atoms with Crippen molar-refractivity contribution in [3.05, 3.63) is 72.9 Å². The average Bonchev–Trinajstić information content (AvgIpc) is 3.43. The van der Waals surface area contributed by atoms with Gasteiger partial charge < -0.3 is 40.3 Å². The van der Waals surface area contributed by atoms with Crippen molar-refractivity contribution in [2.75, 3.05) is 13.2 Å². The van der Waals surface area contributed by atoms with Gasteiger partial charge in [-0.15, -0.1) is 0 Å². The number of carbonyl (C=O) groups excluding carboxylic acids is 1. The summed E-state index contributed by atoms with van der Waals surface area (Å²) < 4.78 is 11.4. The molecular formula is C68H123NO8. The molecular weight excluding hydrogens is 959 g/mol. The number of ether oxygens (including phenoxy) is 2. The van der Waals surface area contributed by atoms with Crippen molar-refractivity contribution < 1.29 is 39.8 Å². The first-order valence-corrected chi connectivity index (χ1v) is 32.6. The van der Waals surface area contributed by atoms with Crippen molar-refractivity contribution in [3.63, 3.8) is 0 Å². The van der Waals surface area contributed by atoms with E-state index in [0.29, 0.717) is 12.8 Å². The molecule has 1 amide bonds. The number of rotatable bonds is 56. The molecule has 7 atom stereocenters. The molecule has 1 saturated heterocycles. The highest BCUT2D eigenvalue weighted by Crippen LogP contribution is 2.23. The summed E-state index contributed by atoms with van der Waals surface area (Å²) in [5.41, 5.74) is 0. The molecule has 1 aliphatic heterocycles. The average molecular weight is 1080 g/mol. The minimum absolute atomic E-state index is 0.141. The minimum Gasteiger partial charge on any atom is -0.394 e. The van der Waals surface area contributed by atoms with Crippen molar-refractivity contribution in [2.45, 2.75) is 339 Å². The number of hydrogen-bond acceptors (Lipinski definition) is 8. The summed E-state index contributed by atoms with van der Waals surface area (Å²) in [5, 5.41) is 54.9. The molecule has 0 saturated carbocycles. The number of amides is 1. The van der Waals surface area contributed by atoms with Gasteiger partial charge in [0.1, 0.15) is 24.4 Å². The zero-order chi connectivity index (χ0) is 55.8. The van der Waals surface area contributed by atoms with Gasteiger partial charge in [0, 0.05) is 6.42 Å². The van der Waals surface area contributed by atoms with E-state index in [4.69, 9.17) is 9.47 Å². The fraction of sp³-hybridized carbons (Fsp3) is 0.809. The van der Waals surface area contributed by atoms with E-state index in [-0.39, 0.29) is 12.5 Å². The summed E-state index contributed by atoms with van der Waals surface area (Å²) in [6.07, 6.45) is 72.3. The van der Waals surface area contributed by atoms with Gasteiger partial charge in [-0.3, -0.25) is 4.79 Å². The van der Waals surface area contributed by atoms with Crippen molar-refractivity contribution in [1.29, 1.82) is 0 Å². The van der Waals surface area contributed by atoms with E-state index < -0.39 is 49.5 Å². The molecule has 0 aliphatic carbocycles. The molecule has 0 spiro atoms. The van der Waals surface area contributed by atoms with Crippen LogP contribution in [0.25, 0.3) is 0 Å². The van der Waals surface area contributed by atoms with E-state index >= 15 is 0 Å². The molecule has 0 aromatic heterocycles. The van der Waals surface area contributed by atoms with E-state index in [1.54, 1.807) is 0 Å². The quantitative estimate of drug-likeness (QED) is 0.0261. The predicted molar refractivity (Wildman–Crippen MR) is 327 cm³/mol. The molecule has 1 rings (SSSR count). The minimum atomic E-state index is -1.56. The van der Waals surface area contributed by atoms with Crippen LogP contribution in [-0.4, -0.2) is 87.5 Å². The molecule has 9 heteroatoms. The number of aliphatic hydroxyl groups is 5. The highest BCUT2D eigenvalue weighted by Gasteiger charge is 2.44. The van der Waals surface area contributed by atoms with Crippen LogP contribution in [0.3, 0.4) is 0 Å². The third kappa shape index (κ3) is 46.0. The number of aliphatic hydroxyl groups excluding tert-OH is 5. The molecule has 0 aromatic carbocycles. The lowest BCUT2D eigenvalue weighted by Crippen LogP contribution is -2.60. The van der Waals surface area contributed by atoms with E-state index in [2.05, 4.69) is 92.1 Å². The first-order chi connectivity index (χ1) is 37.8. The zero-order valence-corrected chi connectivity index (χ0v) is 50.0. The van der Waals surface area contributed by atoms with Crippen LogP contribution in [-0.2, 0) is 14.3 Å². The van der Waals surface area contributed by atoms with Gasteiger partial charge in [-0.25, -0.2) is 0 Å². The van der Waals surface area contributed by atoms with E-state index in [9.17, 15) is 30.3 Å². The van der Waals surface area contributed by atoms with E-state index in [1.165, 1.54) is 186 Å². The lowest BCUT2D eigenvalue weighted by Gasteiger charge is -2.40. The monoisotopic (exact) mass is 1080 g/mol. The maximum absolute atomic E-state index is 13.1. The summed E-state index contributed by atoms with van der Waals surface area (Å²) in [6.45, 7) is 3.75. The van der Waals surface area contributed by atoms with Gasteiger partial charge in [0.2, 0.25) is 5.91 Å². The third-order valence-electron chi connectivity index (χ3n) is 15.3. The second kappa shape index (κ2) is 56.9. The Morgan fingerprint density at radius 1 is 0.455 bits per heavy atom. The molecule has 0 radical (unpaired) electrons. The van der Waals surface area contributed by atoms with Crippen LogP contribution in [0.4, 0.5) is 0 Å². The Bertz CT molecular complexity index is 1440. The molecule has 1 fully saturated rings. The van der Waals surface area contributed by atoms with Gasteiger partial charge in [-0.05, 0) is 64.2 Å². The number of nitrogens with one attached hydrogen (secondary N) is 1. The maximum atomic E-state index is 13.1. The lowest BCUT2D eigenvalue weighted by molar-refractivity contribution is -0.302. The molecule has 1 aliphatic rings. The number of hydrogen-bond donors (Lipinski definition) is 6. The highest BCUT2D eigenvalue weighted by molar-refractivity contribution is 5.76. The van der Waals surface area contributed by atoms with Gasteiger partial charge >= 0.3 is 0 Å². The highest BCUT2D eigenvalue weighted by atomic mass is 16.7. The number of unbranched alkanes of at least 4 members (excludes halogenated alkanes) is 34.